The monoisotopic (exact) mass is 329 g/mol. The molecule has 0 heterocycles. The second kappa shape index (κ2) is 7.50. The Balaban J connectivity index is 2.80. The van der Waals surface area contributed by atoms with Gasteiger partial charge in [-0.15, -0.1) is 0 Å². The first kappa shape index (κ1) is 16.0. The molecule has 0 fully saturated rings. The van der Waals surface area contributed by atoms with Crippen LogP contribution in [0.4, 0.5) is 0 Å². The first-order valence-corrected chi connectivity index (χ1v) is 7.12. The molecule has 1 aromatic rings. The molecule has 19 heavy (non-hydrogen) atoms. The minimum absolute atomic E-state index is 0.0280. The molecule has 0 spiro atoms. The van der Waals surface area contributed by atoms with Crippen LogP contribution < -0.4 is 10.1 Å². The van der Waals surface area contributed by atoms with Crippen molar-refractivity contribution in [2.75, 3.05) is 6.61 Å². The average Bonchev–Trinajstić information content (AvgIpc) is 2.32. The third kappa shape index (κ3) is 4.84. The van der Waals surface area contributed by atoms with Gasteiger partial charge in [-0.1, -0.05) is 29.8 Å². The van der Waals surface area contributed by atoms with E-state index >= 15 is 0 Å². The number of hydrogen-bond donors (Lipinski definition) is 2. The number of carbonyl (C=O) groups is 1. The third-order valence-electron chi connectivity index (χ3n) is 2.77. The minimum Gasteiger partial charge on any atom is -0.494 e. The summed E-state index contributed by atoms with van der Waals surface area (Å²) in [5, 5.41) is 12.2. The van der Waals surface area contributed by atoms with Gasteiger partial charge in [-0.3, -0.25) is 10.1 Å². The molecule has 1 atom stereocenters. The molecule has 2 N–H and O–H groups in total. The van der Waals surface area contributed by atoms with Gasteiger partial charge in [0.05, 0.1) is 6.61 Å². The second-order valence-corrected chi connectivity index (χ2v) is 5.54. The smallest absolute Gasteiger partial charge is 0.320 e. The lowest BCUT2D eigenvalue weighted by atomic mass is 10.0. The summed E-state index contributed by atoms with van der Waals surface area (Å²) in [6.45, 7) is 6.74. The summed E-state index contributed by atoms with van der Waals surface area (Å²) in [5.74, 6) is -0.0192. The largest absolute Gasteiger partial charge is 0.494 e. The molecule has 1 aromatic carbocycles. The molecule has 106 valence electrons. The van der Waals surface area contributed by atoms with Crippen molar-refractivity contribution >= 4 is 21.9 Å². The zero-order valence-electron chi connectivity index (χ0n) is 11.4. The van der Waals surface area contributed by atoms with Crippen molar-refractivity contribution in [1.29, 1.82) is 0 Å². The number of aliphatic carboxylic acids is 1. The van der Waals surface area contributed by atoms with Crippen LogP contribution in [0.15, 0.2) is 22.7 Å². The van der Waals surface area contributed by atoms with Crippen molar-refractivity contribution in [3.05, 3.63) is 28.2 Å². The predicted molar refractivity (Wildman–Crippen MR) is 78.4 cm³/mol. The van der Waals surface area contributed by atoms with Gasteiger partial charge >= 0.3 is 5.97 Å². The first-order chi connectivity index (χ1) is 8.95. The molecule has 0 aromatic heterocycles. The summed E-state index contributed by atoms with van der Waals surface area (Å²) >= 11 is 3.41. The van der Waals surface area contributed by atoms with E-state index in [9.17, 15) is 4.79 Å². The van der Waals surface area contributed by atoms with Gasteiger partial charge < -0.3 is 9.84 Å². The Kier molecular flexibility index (Phi) is 6.31. The molecule has 0 saturated carbocycles. The first-order valence-electron chi connectivity index (χ1n) is 6.33. The third-order valence-corrected chi connectivity index (χ3v) is 3.26. The van der Waals surface area contributed by atoms with E-state index in [1.807, 2.05) is 39.0 Å². The SMILES string of the molecule is CCOc1ccc(Br)cc1CNC(C(=O)O)C(C)C. The summed E-state index contributed by atoms with van der Waals surface area (Å²) in [6.07, 6.45) is 0. The number of rotatable bonds is 7. The summed E-state index contributed by atoms with van der Waals surface area (Å²) in [4.78, 5) is 11.1. The molecule has 1 unspecified atom stereocenters. The van der Waals surface area contributed by atoms with Crippen LogP contribution in [0, 0.1) is 5.92 Å². The van der Waals surface area contributed by atoms with E-state index in [4.69, 9.17) is 9.84 Å². The summed E-state index contributed by atoms with van der Waals surface area (Å²) < 4.78 is 6.49. The van der Waals surface area contributed by atoms with Gasteiger partial charge in [-0.25, -0.2) is 0 Å². The molecular formula is C14H20BrNO3. The van der Waals surface area contributed by atoms with Gasteiger partial charge in [0.1, 0.15) is 11.8 Å². The Labute approximate surface area is 122 Å². The quantitative estimate of drug-likeness (QED) is 0.807. The molecule has 5 heteroatoms. The normalized spacial score (nSPS) is 12.5. The molecule has 0 aliphatic carbocycles. The molecule has 0 bridgehead atoms. The average molecular weight is 330 g/mol. The fourth-order valence-corrected chi connectivity index (χ4v) is 2.22. The number of carboxylic acids is 1. The van der Waals surface area contributed by atoms with Gasteiger partial charge in [0.2, 0.25) is 0 Å². The van der Waals surface area contributed by atoms with Crippen molar-refractivity contribution < 1.29 is 14.6 Å². The van der Waals surface area contributed by atoms with Crippen LogP contribution in [0.3, 0.4) is 0 Å². The highest BCUT2D eigenvalue weighted by atomic mass is 79.9. The number of carboxylic acid groups (broad SMARTS) is 1. The Bertz CT molecular complexity index is 435. The molecule has 0 aliphatic heterocycles. The van der Waals surface area contributed by atoms with E-state index in [-0.39, 0.29) is 5.92 Å². The van der Waals surface area contributed by atoms with Gasteiger partial charge in [-0.2, -0.15) is 0 Å². The molecule has 0 aliphatic rings. The molecule has 4 nitrogen and oxygen atoms in total. The van der Waals surface area contributed by atoms with Crippen molar-refractivity contribution in [2.45, 2.75) is 33.4 Å². The van der Waals surface area contributed by atoms with Crippen molar-refractivity contribution in [3.63, 3.8) is 0 Å². The maximum Gasteiger partial charge on any atom is 0.320 e. The number of ether oxygens (including phenoxy) is 1. The maximum absolute atomic E-state index is 11.1. The van der Waals surface area contributed by atoms with Crippen LogP contribution in [0.2, 0.25) is 0 Å². The van der Waals surface area contributed by atoms with Crippen molar-refractivity contribution in [3.8, 4) is 5.75 Å². The van der Waals surface area contributed by atoms with E-state index < -0.39 is 12.0 Å². The maximum atomic E-state index is 11.1. The molecule has 1 rings (SSSR count). The number of halogens is 1. The van der Waals surface area contributed by atoms with Crippen LogP contribution >= 0.6 is 15.9 Å². The topological polar surface area (TPSA) is 58.6 Å². The van der Waals surface area contributed by atoms with Crippen LogP contribution in [0.5, 0.6) is 5.75 Å². The Morgan fingerprint density at radius 2 is 2.16 bits per heavy atom. The predicted octanol–water partition coefficient (Wildman–Crippen LogP) is 3.05. The molecule has 0 amide bonds. The number of nitrogens with one attached hydrogen (secondary N) is 1. The zero-order valence-corrected chi connectivity index (χ0v) is 13.0. The summed E-state index contributed by atoms with van der Waals surface area (Å²) in [7, 11) is 0. The molecule has 0 saturated heterocycles. The minimum atomic E-state index is -0.831. The van der Waals surface area contributed by atoms with E-state index in [1.54, 1.807) is 0 Å². The lowest BCUT2D eigenvalue weighted by molar-refractivity contribution is -0.140. The zero-order chi connectivity index (χ0) is 14.4. The lowest BCUT2D eigenvalue weighted by Gasteiger charge is -2.19. The number of benzene rings is 1. The van der Waals surface area contributed by atoms with Crippen LogP contribution in [0.25, 0.3) is 0 Å². The van der Waals surface area contributed by atoms with Crippen molar-refractivity contribution in [2.24, 2.45) is 5.92 Å². The summed E-state index contributed by atoms with van der Waals surface area (Å²) in [5.41, 5.74) is 0.947. The van der Waals surface area contributed by atoms with Crippen LogP contribution in [-0.2, 0) is 11.3 Å². The van der Waals surface area contributed by atoms with E-state index in [1.165, 1.54) is 0 Å². The van der Waals surface area contributed by atoms with E-state index in [0.29, 0.717) is 13.2 Å². The standard InChI is InChI=1S/C14H20BrNO3/c1-4-19-12-6-5-11(15)7-10(12)8-16-13(9(2)3)14(17)18/h5-7,9,13,16H,4,8H2,1-3H3,(H,17,18). The highest BCUT2D eigenvalue weighted by Gasteiger charge is 2.21. The van der Waals surface area contributed by atoms with Gasteiger partial charge in [0.25, 0.3) is 0 Å². The Morgan fingerprint density at radius 1 is 1.47 bits per heavy atom. The second-order valence-electron chi connectivity index (χ2n) is 4.63. The molecule has 0 radical (unpaired) electrons. The fourth-order valence-electron chi connectivity index (χ4n) is 1.81. The Hall–Kier alpha value is -1.07. The fraction of sp³-hybridized carbons (Fsp3) is 0.500. The van der Waals surface area contributed by atoms with Gasteiger partial charge in [0, 0.05) is 16.6 Å². The van der Waals surface area contributed by atoms with E-state index in [0.717, 1.165) is 15.8 Å². The lowest BCUT2D eigenvalue weighted by Crippen LogP contribution is -2.40. The highest BCUT2D eigenvalue weighted by molar-refractivity contribution is 9.10. The van der Waals surface area contributed by atoms with Gasteiger partial charge in [-0.05, 0) is 31.0 Å². The van der Waals surface area contributed by atoms with Crippen LogP contribution in [-0.4, -0.2) is 23.7 Å². The Morgan fingerprint density at radius 3 is 2.68 bits per heavy atom. The number of hydrogen-bond acceptors (Lipinski definition) is 3. The van der Waals surface area contributed by atoms with E-state index in [2.05, 4.69) is 21.2 Å². The van der Waals surface area contributed by atoms with Crippen LogP contribution in [0.1, 0.15) is 26.3 Å². The molecular weight excluding hydrogens is 310 g/mol. The van der Waals surface area contributed by atoms with Gasteiger partial charge in [0.15, 0.2) is 0 Å². The van der Waals surface area contributed by atoms with Crippen molar-refractivity contribution in [1.82, 2.24) is 5.32 Å². The summed E-state index contributed by atoms with van der Waals surface area (Å²) in [6, 6.07) is 5.17. The highest BCUT2D eigenvalue weighted by Crippen LogP contribution is 2.23.